The van der Waals surface area contributed by atoms with E-state index in [4.69, 9.17) is 4.74 Å². The molecular weight excluding hydrogens is 421 g/mol. The van der Waals surface area contributed by atoms with Crippen LogP contribution in [-0.4, -0.2) is 46.5 Å². The number of hydrogen-bond donors (Lipinski definition) is 0. The van der Waals surface area contributed by atoms with Gasteiger partial charge in [-0.2, -0.15) is 13.2 Å². The number of carbonyl (C=O) groups is 1. The van der Waals surface area contributed by atoms with Crippen LogP contribution in [0.15, 0.2) is 48.5 Å². The number of hydrogen-bond acceptors (Lipinski definition) is 5. The molecule has 0 bridgehead atoms. The Morgan fingerprint density at radius 3 is 2.47 bits per heavy atom. The molecule has 0 aliphatic carbocycles. The zero-order valence-electron chi connectivity index (χ0n) is 17.2. The molecule has 2 aliphatic heterocycles. The van der Waals surface area contributed by atoms with Gasteiger partial charge < -0.3 is 14.5 Å². The Morgan fingerprint density at radius 2 is 1.69 bits per heavy atom. The highest BCUT2D eigenvalue weighted by Crippen LogP contribution is 2.41. The fourth-order valence-electron chi connectivity index (χ4n) is 4.27. The lowest BCUT2D eigenvalue weighted by atomic mass is 10.1. The highest BCUT2D eigenvalue weighted by molar-refractivity contribution is 5.93. The van der Waals surface area contributed by atoms with Crippen molar-refractivity contribution in [2.75, 3.05) is 24.5 Å². The lowest BCUT2D eigenvalue weighted by Gasteiger charge is -2.38. The number of fused-ring (bicyclic) bond motifs is 2. The van der Waals surface area contributed by atoms with Crippen molar-refractivity contribution in [3.8, 4) is 5.75 Å². The number of carbonyl (C=O) groups excluding carboxylic acids is 1. The van der Waals surface area contributed by atoms with E-state index in [1.807, 2.05) is 0 Å². The van der Waals surface area contributed by atoms with Crippen molar-refractivity contribution in [2.24, 2.45) is 0 Å². The fourth-order valence-corrected chi connectivity index (χ4v) is 4.27. The molecule has 3 aromatic rings. The summed E-state index contributed by atoms with van der Waals surface area (Å²) in [6, 6.07) is 13.6. The van der Waals surface area contributed by atoms with E-state index in [2.05, 4.69) is 9.97 Å². The number of piperidine rings is 1. The number of likely N-dealkylation sites (tertiary alicyclic amines) is 1. The number of benzene rings is 2. The average molecular weight is 442 g/mol. The van der Waals surface area contributed by atoms with Crippen molar-refractivity contribution in [3.05, 3.63) is 54.4 Å². The summed E-state index contributed by atoms with van der Waals surface area (Å²) in [6.45, 7) is 1.38. The summed E-state index contributed by atoms with van der Waals surface area (Å²) in [4.78, 5) is 24.2. The maximum absolute atomic E-state index is 13.6. The van der Waals surface area contributed by atoms with Gasteiger partial charge >= 0.3 is 6.18 Å². The highest BCUT2D eigenvalue weighted by atomic mass is 19.4. The molecule has 1 amide bonds. The van der Waals surface area contributed by atoms with Gasteiger partial charge in [0.2, 0.25) is 5.82 Å². The topological polar surface area (TPSA) is 58.6 Å². The number of rotatable bonds is 2. The Morgan fingerprint density at radius 1 is 0.969 bits per heavy atom. The highest BCUT2D eigenvalue weighted by Gasteiger charge is 2.39. The summed E-state index contributed by atoms with van der Waals surface area (Å²) in [5, 5.41) is 0.473. The average Bonchev–Trinajstić information content (AvgIpc) is 2.82. The molecule has 2 aromatic carbocycles. The lowest BCUT2D eigenvalue weighted by molar-refractivity contribution is -0.144. The number of amides is 1. The van der Waals surface area contributed by atoms with E-state index >= 15 is 0 Å². The van der Waals surface area contributed by atoms with Gasteiger partial charge in [0, 0.05) is 18.5 Å². The zero-order chi connectivity index (χ0) is 22.3. The summed E-state index contributed by atoms with van der Waals surface area (Å²) >= 11 is 0. The molecule has 9 heteroatoms. The van der Waals surface area contributed by atoms with Crippen molar-refractivity contribution in [2.45, 2.75) is 31.5 Å². The minimum absolute atomic E-state index is 0.0602. The van der Waals surface area contributed by atoms with E-state index < -0.39 is 18.1 Å². The third kappa shape index (κ3) is 3.72. The first-order valence-electron chi connectivity index (χ1n) is 10.6. The summed E-state index contributed by atoms with van der Waals surface area (Å²) in [6.07, 6.45) is -2.59. The molecule has 0 unspecified atom stereocenters. The van der Waals surface area contributed by atoms with Crippen LogP contribution in [0.2, 0.25) is 0 Å². The Labute approximate surface area is 182 Å². The van der Waals surface area contributed by atoms with Gasteiger partial charge in [-0.15, -0.1) is 0 Å². The summed E-state index contributed by atoms with van der Waals surface area (Å²) in [7, 11) is 0. The Kier molecular flexibility index (Phi) is 5.11. The predicted octanol–water partition coefficient (Wildman–Crippen LogP) is 4.56. The molecule has 3 heterocycles. The lowest BCUT2D eigenvalue weighted by Crippen LogP contribution is -2.50. The van der Waals surface area contributed by atoms with Crippen molar-refractivity contribution in [1.29, 1.82) is 0 Å². The number of ether oxygens (including phenoxy) is 1. The van der Waals surface area contributed by atoms with Gasteiger partial charge in [-0.25, -0.2) is 9.97 Å². The van der Waals surface area contributed by atoms with Crippen LogP contribution in [0.1, 0.15) is 25.1 Å². The first-order valence-corrected chi connectivity index (χ1v) is 10.6. The maximum atomic E-state index is 13.6. The largest absolute Gasteiger partial charge is 0.476 e. The standard InChI is InChI=1S/C23H21F3N4O2/c24-23(25,26)22-27-16-9-3-2-8-15(16)20(28-22)30-14-19(21(31)29-12-6-1-7-13-29)32-18-11-5-4-10-17(18)30/h2-5,8-11,19H,1,6-7,12-14H2/t19-/m0/s1. The number of nitrogens with zero attached hydrogens (tertiary/aromatic N) is 4. The van der Waals surface area contributed by atoms with Crippen molar-refractivity contribution >= 4 is 28.3 Å². The smallest absolute Gasteiger partial charge is 0.451 e. The number of aromatic nitrogens is 2. The molecule has 2 aliphatic rings. The van der Waals surface area contributed by atoms with Crippen LogP contribution in [0, 0.1) is 0 Å². The first-order chi connectivity index (χ1) is 15.4. The molecule has 166 valence electrons. The quantitative estimate of drug-likeness (QED) is 0.582. The molecule has 32 heavy (non-hydrogen) atoms. The first kappa shape index (κ1) is 20.5. The summed E-state index contributed by atoms with van der Waals surface area (Å²) in [5.41, 5.74) is 0.750. The van der Waals surface area contributed by atoms with Gasteiger partial charge in [-0.05, 0) is 43.5 Å². The normalized spacial score (nSPS) is 18.9. The van der Waals surface area contributed by atoms with Crippen LogP contribution in [0.4, 0.5) is 24.7 Å². The minimum atomic E-state index is -4.70. The maximum Gasteiger partial charge on any atom is 0.451 e. The number of para-hydroxylation sites is 3. The van der Waals surface area contributed by atoms with Gasteiger partial charge in [-0.3, -0.25) is 4.79 Å². The van der Waals surface area contributed by atoms with Crippen LogP contribution in [0.25, 0.3) is 10.9 Å². The van der Waals surface area contributed by atoms with Crippen LogP contribution < -0.4 is 9.64 Å². The monoisotopic (exact) mass is 442 g/mol. The molecule has 0 spiro atoms. The van der Waals surface area contributed by atoms with Crippen LogP contribution in [0.3, 0.4) is 0 Å². The molecule has 1 atom stereocenters. The van der Waals surface area contributed by atoms with Gasteiger partial charge in [0.15, 0.2) is 6.10 Å². The summed E-state index contributed by atoms with van der Waals surface area (Å²) in [5.74, 6) is -0.826. The predicted molar refractivity (Wildman–Crippen MR) is 113 cm³/mol. The fraction of sp³-hybridized carbons (Fsp3) is 0.348. The Hall–Kier alpha value is -3.36. The molecule has 0 saturated carbocycles. The molecule has 1 aromatic heterocycles. The third-order valence-electron chi connectivity index (χ3n) is 5.81. The molecule has 1 fully saturated rings. The SMILES string of the molecule is O=C([C@@H]1CN(c2nc(C(F)(F)F)nc3ccccc23)c2ccccc2O1)N1CCCCC1. The second-order valence-electron chi connectivity index (χ2n) is 7.96. The van der Waals surface area contributed by atoms with E-state index in [1.54, 1.807) is 52.3 Å². The number of halogens is 3. The second kappa shape index (κ2) is 7.96. The number of anilines is 2. The van der Waals surface area contributed by atoms with Gasteiger partial charge in [0.05, 0.1) is 17.7 Å². The molecule has 0 N–H and O–H groups in total. The van der Waals surface area contributed by atoms with Crippen molar-refractivity contribution < 1.29 is 22.7 Å². The van der Waals surface area contributed by atoms with E-state index in [-0.39, 0.29) is 23.8 Å². The second-order valence-corrected chi connectivity index (χ2v) is 7.96. The molecule has 6 nitrogen and oxygen atoms in total. The summed E-state index contributed by atoms with van der Waals surface area (Å²) < 4.78 is 46.7. The molecule has 1 saturated heterocycles. The van der Waals surface area contributed by atoms with E-state index in [1.165, 1.54) is 6.07 Å². The van der Waals surface area contributed by atoms with E-state index in [9.17, 15) is 18.0 Å². The van der Waals surface area contributed by atoms with E-state index in [0.29, 0.717) is 29.9 Å². The molecular formula is C23H21F3N4O2. The number of alkyl halides is 3. The van der Waals surface area contributed by atoms with Gasteiger partial charge in [-0.1, -0.05) is 24.3 Å². The third-order valence-corrected chi connectivity index (χ3v) is 5.81. The van der Waals surface area contributed by atoms with E-state index in [0.717, 1.165) is 19.3 Å². The molecule has 5 rings (SSSR count). The van der Waals surface area contributed by atoms with Crippen LogP contribution in [-0.2, 0) is 11.0 Å². The van der Waals surface area contributed by atoms with Crippen LogP contribution in [0.5, 0.6) is 5.75 Å². The zero-order valence-corrected chi connectivity index (χ0v) is 17.2. The Balaban J connectivity index is 1.62. The van der Waals surface area contributed by atoms with Gasteiger partial charge in [0.1, 0.15) is 11.6 Å². The van der Waals surface area contributed by atoms with Crippen LogP contribution >= 0.6 is 0 Å². The minimum Gasteiger partial charge on any atom is -0.476 e. The molecule has 0 radical (unpaired) electrons. The Bertz CT molecular complexity index is 1160. The van der Waals surface area contributed by atoms with Crippen molar-refractivity contribution in [3.63, 3.8) is 0 Å². The van der Waals surface area contributed by atoms with Crippen molar-refractivity contribution in [1.82, 2.24) is 14.9 Å². The van der Waals surface area contributed by atoms with Gasteiger partial charge in [0.25, 0.3) is 5.91 Å².